The molecule has 1 N–H and O–H groups in total. The molecule has 0 atom stereocenters. The molecule has 0 aliphatic rings. The molecule has 3 aromatic rings. The van der Waals surface area contributed by atoms with Crippen LogP contribution in [0.25, 0.3) is 11.0 Å². The third-order valence-corrected chi connectivity index (χ3v) is 4.46. The van der Waals surface area contributed by atoms with E-state index in [0.29, 0.717) is 0 Å². The Morgan fingerprint density at radius 1 is 1.09 bits per heavy atom. The van der Waals surface area contributed by atoms with Gasteiger partial charge in [0.25, 0.3) is 0 Å². The highest BCUT2D eigenvalue weighted by atomic mass is 15.3. The first-order valence-corrected chi connectivity index (χ1v) is 7.59. The lowest BCUT2D eigenvalue weighted by Crippen LogP contribution is -2.14. The fourth-order valence-electron chi connectivity index (χ4n) is 2.88. The summed E-state index contributed by atoms with van der Waals surface area (Å²) in [6.07, 6.45) is 0. The quantitative estimate of drug-likeness (QED) is 0.805. The molecule has 1 aromatic carbocycles. The van der Waals surface area contributed by atoms with Crippen molar-refractivity contribution in [1.82, 2.24) is 24.6 Å². The highest BCUT2D eigenvalue weighted by Crippen LogP contribution is 2.17. The molecular weight excluding hydrogens is 274 g/mol. The average molecular weight is 297 g/mol. The second-order valence-corrected chi connectivity index (χ2v) is 5.92. The Bertz CT molecular complexity index is 825. The second-order valence-electron chi connectivity index (χ2n) is 5.92. The maximum Gasteiger partial charge on any atom is 0.106 e. The minimum absolute atomic E-state index is 0.833. The highest BCUT2D eigenvalue weighted by Gasteiger charge is 2.09. The third-order valence-electron chi connectivity index (χ3n) is 4.46. The summed E-state index contributed by atoms with van der Waals surface area (Å²) in [4.78, 5) is 4.59. The summed E-state index contributed by atoms with van der Waals surface area (Å²) in [7, 11) is 4.04. The zero-order chi connectivity index (χ0) is 15.9. The molecule has 5 nitrogen and oxygen atoms in total. The van der Waals surface area contributed by atoms with Gasteiger partial charge in [0.1, 0.15) is 5.82 Å². The summed E-state index contributed by atoms with van der Waals surface area (Å²) in [5.74, 6) is 1.04. The normalized spacial score (nSPS) is 11.5. The molecule has 0 aliphatic heterocycles. The standard InChI is InChI=1S/C17H23N5/c1-11-15(12(2)22(5)20-11)10-18-9-14-6-7-17-16(8-14)19-13(3)21(17)4/h6-8,18H,9-10H2,1-5H3. The Kier molecular flexibility index (Phi) is 3.74. The van der Waals surface area contributed by atoms with Crippen molar-refractivity contribution in [2.75, 3.05) is 0 Å². The molecule has 0 saturated carbocycles. The Morgan fingerprint density at radius 3 is 2.55 bits per heavy atom. The van der Waals surface area contributed by atoms with E-state index < -0.39 is 0 Å². The molecule has 0 aliphatic carbocycles. The fourth-order valence-corrected chi connectivity index (χ4v) is 2.88. The maximum absolute atomic E-state index is 4.59. The van der Waals surface area contributed by atoms with E-state index in [4.69, 9.17) is 0 Å². The molecule has 0 bridgehead atoms. The van der Waals surface area contributed by atoms with Crippen LogP contribution in [0.1, 0.15) is 28.3 Å². The Hall–Kier alpha value is -2.14. The predicted molar refractivity (Wildman–Crippen MR) is 88.7 cm³/mol. The molecule has 22 heavy (non-hydrogen) atoms. The summed E-state index contributed by atoms with van der Waals surface area (Å²) in [6.45, 7) is 7.88. The van der Waals surface area contributed by atoms with Crippen LogP contribution in [-0.2, 0) is 27.2 Å². The maximum atomic E-state index is 4.59. The molecule has 0 radical (unpaired) electrons. The number of nitrogens with one attached hydrogen (secondary N) is 1. The van der Waals surface area contributed by atoms with E-state index in [9.17, 15) is 0 Å². The number of imidazole rings is 1. The molecule has 0 fully saturated rings. The first-order chi connectivity index (χ1) is 10.5. The van der Waals surface area contributed by atoms with Crippen LogP contribution in [0, 0.1) is 20.8 Å². The van der Waals surface area contributed by atoms with E-state index in [1.807, 2.05) is 18.7 Å². The molecule has 2 aromatic heterocycles. The van der Waals surface area contributed by atoms with Gasteiger partial charge in [0.05, 0.1) is 16.7 Å². The van der Waals surface area contributed by atoms with Gasteiger partial charge in [0.15, 0.2) is 0 Å². The topological polar surface area (TPSA) is 47.7 Å². The first-order valence-electron chi connectivity index (χ1n) is 7.59. The van der Waals surface area contributed by atoms with Crippen molar-refractivity contribution in [3.63, 3.8) is 0 Å². The van der Waals surface area contributed by atoms with E-state index in [1.54, 1.807) is 0 Å². The van der Waals surface area contributed by atoms with Gasteiger partial charge in [0.2, 0.25) is 0 Å². The number of fused-ring (bicyclic) bond motifs is 1. The molecule has 5 heteroatoms. The van der Waals surface area contributed by atoms with Gasteiger partial charge in [-0.25, -0.2) is 4.98 Å². The van der Waals surface area contributed by atoms with E-state index in [0.717, 1.165) is 30.1 Å². The number of hydrogen-bond donors (Lipinski definition) is 1. The number of hydrogen-bond acceptors (Lipinski definition) is 3. The summed E-state index contributed by atoms with van der Waals surface area (Å²) in [5, 5.41) is 7.96. The van der Waals surface area contributed by atoms with Gasteiger partial charge in [-0.05, 0) is 38.5 Å². The second kappa shape index (κ2) is 5.57. The van der Waals surface area contributed by atoms with Crippen LogP contribution >= 0.6 is 0 Å². The lowest BCUT2D eigenvalue weighted by Gasteiger charge is -2.06. The van der Waals surface area contributed by atoms with Crippen LogP contribution in [0.15, 0.2) is 18.2 Å². The average Bonchev–Trinajstić information content (AvgIpc) is 2.89. The van der Waals surface area contributed by atoms with Crippen molar-refractivity contribution in [2.45, 2.75) is 33.9 Å². The van der Waals surface area contributed by atoms with Crippen LogP contribution in [0.4, 0.5) is 0 Å². The summed E-state index contributed by atoms with van der Waals surface area (Å²) in [6, 6.07) is 6.48. The van der Waals surface area contributed by atoms with Crippen LogP contribution in [-0.4, -0.2) is 19.3 Å². The molecular formula is C17H23N5. The van der Waals surface area contributed by atoms with Crippen LogP contribution in [0.3, 0.4) is 0 Å². The lowest BCUT2D eigenvalue weighted by atomic mass is 10.1. The van der Waals surface area contributed by atoms with Gasteiger partial charge in [0, 0.05) is 38.4 Å². The number of benzene rings is 1. The Labute approximate surface area is 131 Å². The van der Waals surface area contributed by atoms with Crippen molar-refractivity contribution in [1.29, 1.82) is 0 Å². The van der Waals surface area contributed by atoms with Crippen LogP contribution in [0.5, 0.6) is 0 Å². The monoisotopic (exact) mass is 297 g/mol. The molecule has 3 rings (SSSR count). The largest absolute Gasteiger partial charge is 0.331 e. The molecule has 0 amide bonds. The lowest BCUT2D eigenvalue weighted by molar-refractivity contribution is 0.684. The van der Waals surface area contributed by atoms with Gasteiger partial charge in [-0.1, -0.05) is 6.07 Å². The smallest absolute Gasteiger partial charge is 0.106 e. The van der Waals surface area contributed by atoms with Crippen molar-refractivity contribution in [3.8, 4) is 0 Å². The van der Waals surface area contributed by atoms with E-state index in [1.165, 1.54) is 22.3 Å². The number of nitrogens with zero attached hydrogens (tertiary/aromatic N) is 4. The zero-order valence-electron chi connectivity index (χ0n) is 13.9. The van der Waals surface area contributed by atoms with Crippen LogP contribution < -0.4 is 5.32 Å². The molecule has 116 valence electrons. The van der Waals surface area contributed by atoms with E-state index >= 15 is 0 Å². The summed E-state index contributed by atoms with van der Waals surface area (Å²) < 4.78 is 4.06. The number of rotatable bonds is 4. The molecule has 0 unspecified atom stereocenters. The van der Waals surface area contributed by atoms with Gasteiger partial charge >= 0.3 is 0 Å². The highest BCUT2D eigenvalue weighted by molar-refractivity contribution is 5.76. The number of aryl methyl sites for hydroxylation is 4. The fraction of sp³-hybridized carbons (Fsp3) is 0.412. The van der Waals surface area contributed by atoms with Crippen molar-refractivity contribution in [2.24, 2.45) is 14.1 Å². The first kappa shape index (κ1) is 14.8. The van der Waals surface area contributed by atoms with E-state index in [2.05, 4.69) is 59.1 Å². The van der Waals surface area contributed by atoms with Gasteiger partial charge in [-0.2, -0.15) is 5.10 Å². The minimum Gasteiger partial charge on any atom is -0.331 e. The van der Waals surface area contributed by atoms with Crippen LogP contribution in [0.2, 0.25) is 0 Å². The van der Waals surface area contributed by atoms with Gasteiger partial charge < -0.3 is 9.88 Å². The molecule has 0 saturated heterocycles. The van der Waals surface area contributed by atoms with Crippen molar-refractivity contribution >= 4 is 11.0 Å². The predicted octanol–water partition coefficient (Wildman–Crippen LogP) is 2.52. The SMILES string of the molecule is Cc1nn(C)c(C)c1CNCc1ccc2c(c1)nc(C)n2C. The third kappa shape index (κ3) is 2.52. The Morgan fingerprint density at radius 2 is 1.86 bits per heavy atom. The molecule has 2 heterocycles. The summed E-state index contributed by atoms with van der Waals surface area (Å²) >= 11 is 0. The minimum atomic E-state index is 0.833. The Balaban J connectivity index is 1.71. The number of aromatic nitrogens is 4. The zero-order valence-corrected chi connectivity index (χ0v) is 13.9. The van der Waals surface area contributed by atoms with E-state index in [-0.39, 0.29) is 0 Å². The van der Waals surface area contributed by atoms with Crippen molar-refractivity contribution < 1.29 is 0 Å². The molecule has 0 spiro atoms. The van der Waals surface area contributed by atoms with Gasteiger partial charge in [-0.3, -0.25) is 4.68 Å². The van der Waals surface area contributed by atoms with Crippen molar-refractivity contribution in [3.05, 3.63) is 46.5 Å². The summed E-state index contributed by atoms with van der Waals surface area (Å²) in [5.41, 5.74) is 7.11. The van der Waals surface area contributed by atoms with Gasteiger partial charge in [-0.15, -0.1) is 0 Å².